The largest absolute Gasteiger partial charge is 0.293 e. The van der Waals surface area contributed by atoms with Crippen LogP contribution in [0.4, 0.5) is 0 Å². The number of Topliss-reactive ketones (excluding diaryl/α,β-unsaturated/α-hetero) is 1. The maximum Gasteiger partial charge on any atom is 0.180 e. The molecule has 2 nitrogen and oxygen atoms in total. The molecule has 0 aliphatic rings. The third kappa shape index (κ3) is 1.36. The number of rotatable bonds is 2. The van der Waals surface area contributed by atoms with E-state index in [1.165, 1.54) is 11.5 Å². The van der Waals surface area contributed by atoms with Gasteiger partial charge in [0.05, 0.1) is 17.1 Å². The molecule has 0 N–H and O–H groups in total. The van der Waals surface area contributed by atoms with Crippen LogP contribution < -0.4 is 0 Å². The van der Waals surface area contributed by atoms with E-state index in [1.807, 2.05) is 0 Å². The lowest BCUT2D eigenvalue weighted by Crippen LogP contribution is -1.99. The van der Waals surface area contributed by atoms with Crippen LogP contribution in [0.15, 0.2) is 5.38 Å². The van der Waals surface area contributed by atoms with Crippen molar-refractivity contribution >= 4 is 28.9 Å². The fourth-order valence-electron chi connectivity index (χ4n) is 0.632. The van der Waals surface area contributed by atoms with Gasteiger partial charge in [-0.3, -0.25) is 4.79 Å². The second kappa shape index (κ2) is 3.12. The average molecular weight is 176 g/mol. The summed E-state index contributed by atoms with van der Waals surface area (Å²) >= 11 is 6.62. The van der Waals surface area contributed by atoms with Gasteiger partial charge in [-0.2, -0.15) is 4.37 Å². The summed E-state index contributed by atoms with van der Waals surface area (Å²) in [4.78, 5) is 10.9. The molecule has 4 heteroatoms. The summed E-state index contributed by atoms with van der Waals surface area (Å²) < 4.78 is 3.95. The van der Waals surface area contributed by atoms with Crippen molar-refractivity contribution in [2.45, 2.75) is 6.92 Å². The lowest BCUT2D eigenvalue weighted by atomic mass is 10.2. The molecule has 1 aromatic rings. The molecule has 10 heavy (non-hydrogen) atoms. The number of ketones is 1. The van der Waals surface area contributed by atoms with Crippen molar-refractivity contribution in [1.82, 2.24) is 4.37 Å². The zero-order valence-corrected chi connectivity index (χ0v) is 7.00. The number of hydrogen-bond donors (Lipinski definition) is 0. The van der Waals surface area contributed by atoms with Gasteiger partial charge in [-0.1, -0.05) is 0 Å². The number of carbonyl (C=O) groups is 1. The maximum atomic E-state index is 10.9. The van der Waals surface area contributed by atoms with Crippen molar-refractivity contribution in [3.63, 3.8) is 0 Å². The highest BCUT2D eigenvalue weighted by molar-refractivity contribution is 7.04. The summed E-state index contributed by atoms with van der Waals surface area (Å²) in [5.74, 6) is -0.00730. The number of aromatic nitrogens is 1. The second-order valence-corrected chi connectivity index (χ2v) is 2.77. The van der Waals surface area contributed by atoms with Gasteiger partial charge in [-0.25, -0.2) is 0 Å². The number of alkyl halides is 1. The van der Waals surface area contributed by atoms with Gasteiger partial charge in [0.25, 0.3) is 0 Å². The van der Waals surface area contributed by atoms with Gasteiger partial charge < -0.3 is 0 Å². The molecular formula is C6H6ClNOS. The minimum absolute atomic E-state index is 0.0409. The molecule has 0 radical (unpaired) electrons. The summed E-state index contributed by atoms with van der Waals surface area (Å²) in [6, 6.07) is 0. The van der Waals surface area contributed by atoms with E-state index in [-0.39, 0.29) is 11.7 Å². The number of aryl methyl sites for hydroxylation is 1. The number of hydrogen-bond acceptors (Lipinski definition) is 3. The van der Waals surface area contributed by atoms with Gasteiger partial charge in [0.2, 0.25) is 0 Å². The molecule has 1 aromatic heterocycles. The molecule has 0 aliphatic carbocycles. The molecule has 0 bridgehead atoms. The van der Waals surface area contributed by atoms with Crippen LogP contribution in [0.3, 0.4) is 0 Å². The van der Waals surface area contributed by atoms with Gasteiger partial charge in [0.15, 0.2) is 5.78 Å². The molecule has 0 saturated heterocycles. The highest BCUT2D eigenvalue weighted by atomic mass is 35.5. The summed E-state index contributed by atoms with van der Waals surface area (Å²) in [5.41, 5.74) is 1.43. The fraction of sp³-hybridized carbons (Fsp3) is 0.333. The minimum Gasteiger partial charge on any atom is -0.293 e. The highest BCUT2D eigenvalue weighted by Crippen LogP contribution is 2.10. The zero-order valence-electron chi connectivity index (χ0n) is 5.43. The maximum absolute atomic E-state index is 10.9. The van der Waals surface area contributed by atoms with E-state index in [4.69, 9.17) is 11.6 Å². The Balaban J connectivity index is 2.93. The first-order valence-corrected chi connectivity index (χ1v) is 4.13. The number of carbonyl (C=O) groups excluding carboxylic acids is 1. The van der Waals surface area contributed by atoms with Crippen molar-refractivity contribution in [3.8, 4) is 0 Å². The molecule has 1 rings (SSSR count). The van der Waals surface area contributed by atoms with Crippen LogP contribution >= 0.6 is 23.1 Å². The van der Waals surface area contributed by atoms with Gasteiger partial charge in [0, 0.05) is 5.38 Å². The average Bonchev–Trinajstić information content (AvgIpc) is 2.34. The van der Waals surface area contributed by atoms with Crippen LogP contribution in [0, 0.1) is 6.92 Å². The normalized spacial score (nSPS) is 9.80. The summed E-state index contributed by atoms with van der Waals surface area (Å²) in [7, 11) is 0. The predicted molar refractivity (Wildman–Crippen MR) is 41.9 cm³/mol. The molecule has 54 valence electrons. The molecule has 0 amide bonds. The quantitative estimate of drug-likeness (QED) is 0.508. The molecule has 0 aliphatic heterocycles. The third-order valence-corrected chi connectivity index (χ3v) is 2.13. The summed E-state index contributed by atoms with van der Waals surface area (Å²) in [6.07, 6.45) is 0. The highest BCUT2D eigenvalue weighted by Gasteiger charge is 2.08. The first kappa shape index (κ1) is 7.69. The zero-order chi connectivity index (χ0) is 7.56. The van der Waals surface area contributed by atoms with E-state index in [9.17, 15) is 4.79 Å². The van der Waals surface area contributed by atoms with Gasteiger partial charge >= 0.3 is 0 Å². The molecule has 0 atom stereocenters. The van der Waals surface area contributed by atoms with E-state index in [0.29, 0.717) is 5.56 Å². The van der Waals surface area contributed by atoms with Gasteiger partial charge in [-0.15, -0.1) is 11.6 Å². The predicted octanol–water partition coefficient (Wildman–Crippen LogP) is 1.87. The Morgan fingerprint density at radius 1 is 1.90 bits per heavy atom. The fourth-order valence-corrected chi connectivity index (χ4v) is 1.49. The van der Waals surface area contributed by atoms with Crippen LogP contribution in [-0.2, 0) is 0 Å². The van der Waals surface area contributed by atoms with E-state index in [0.717, 1.165) is 5.69 Å². The van der Waals surface area contributed by atoms with Crippen molar-refractivity contribution in [2.75, 3.05) is 5.88 Å². The van der Waals surface area contributed by atoms with Crippen LogP contribution in [0.5, 0.6) is 0 Å². The topological polar surface area (TPSA) is 30.0 Å². The molecule has 0 spiro atoms. The Hall–Kier alpha value is -0.410. The Bertz CT molecular complexity index is 246. The van der Waals surface area contributed by atoms with E-state index in [1.54, 1.807) is 12.3 Å². The number of nitrogens with zero attached hydrogens (tertiary/aromatic N) is 1. The van der Waals surface area contributed by atoms with Crippen LogP contribution in [0.25, 0.3) is 0 Å². The van der Waals surface area contributed by atoms with E-state index >= 15 is 0 Å². The van der Waals surface area contributed by atoms with Crippen LogP contribution in [0.1, 0.15) is 16.1 Å². The SMILES string of the molecule is Cc1nscc1C(=O)CCl. The van der Waals surface area contributed by atoms with Crippen molar-refractivity contribution in [1.29, 1.82) is 0 Å². The Labute approximate surface area is 68.0 Å². The molecule has 0 aromatic carbocycles. The minimum atomic E-state index is -0.0482. The van der Waals surface area contributed by atoms with E-state index < -0.39 is 0 Å². The summed E-state index contributed by atoms with van der Waals surface area (Å²) in [6.45, 7) is 1.80. The Kier molecular flexibility index (Phi) is 2.40. The van der Waals surface area contributed by atoms with Crippen LogP contribution in [0.2, 0.25) is 0 Å². The third-order valence-electron chi connectivity index (χ3n) is 1.17. The van der Waals surface area contributed by atoms with Crippen molar-refractivity contribution in [2.24, 2.45) is 0 Å². The van der Waals surface area contributed by atoms with Crippen molar-refractivity contribution < 1.29 is 4.79 Å². The van der Waals surface area contributed by atoms with Gasteiger partial charge in [-0.05, 0) is 18.5 Å². The molecule has 1 heterocycles. The Morgan fingerprint density at radius 3 is 3.00 bits per heavy atom. The van der Waals surface area contributed by atoms with Crippen molar-refractivity contribution in [3.05, 3.63) is 16.6 Å². The van der Waals surface area contributed by atoms with E-state index in [2.05, 4.69) is 4.37 Å². The molecular weight excluding hydrogens is 170 g/mol. The molecule has 0 unspecified atom stereocenters. The lowest BCUT2D eigenvalue weighted by molar-refractivity contribution is 0.102. The smallest absolute Gasteiger partial charge is 0.180 e. The van der Waals surface area contributed by atoms with Gasteiger partial charge in [0.1, 0.15) is 0 Å². The number of halogens is 1. The first-order chi connectivity index (χ1) is 4.75. The summed E-state index contributed by atoms with van der Waals surface area (Å²) in [5, 5.41) is 1.72. The molecule has 0 fully saturated rings. The second-order valence-electron chi connectivity index (χ2n) is 1.87. The monoisotopic (exact) mass is 175 g/mol. The Morgan fingerprint density at radius 2 is 2.60 bits per heavy atom. The molecule has 0 saturated carbocycles. The standard InChI is InChI=1S/C6H6ClNOS/c1-4-5(3-10-8-4)6(9)2-7/h3H,2H2,1H3. The van der Waals surface area contributed by atoms with Crippen LogP contribution in [-0.4, -0.2) is 16.0 Å². The first-order valence-electron chi connectivity index (χ1n) is 2.76. The lowest BCUT2D eigenvalue weighted by Gasteiger charge is -1.89.